The molecule has 7 heterocycles. The second-order valence-electron chi connectivity index (χ2n) is 24.7. The predicted octanol–water partition coefficient (Wildman–Crippen LogP) is -14.2. The van der Waals surface area contributed by atoms with Gasteiger partial charge in [-0.15, -0.1) is 0 Å². The quantitative estimate of drug-likeness (QED) is 0.0404. The first-order valence-corrected chi connectivity index (χ1v) is 31.4. The SMILES string of the molecule is CC(=O)N[C@@H]1[C@@H](O[C@H]2O[C@H](CO)[C@H](O[C@H]3O[C@H](CO)[C@H](O[C@H]4O[C@H](CO[C@H]5O[C@H](CO)[C@H](O)[C@H](O)[C@H]5NC(C)=O)[C@@H](O)[C@H](O[C@@H]5O[C@H](CO)[C@@H](O[C@@H]6O[C@H](CO)[C@@H](O)[C@H](O)[C@H]6O)[C@H](O)[C@H]5NC(C)=O)[C@H]4NC(C)=O)[C@H](O)[C@H]3NC(C)=O)[C@H](O)[C@H]2NC(C)=O)[C@H](NC(C)=O)[C@@H](C)O[C@H]1O. The highest BCUT2D eigenvalue weighted by Crippen LogP contribution is 2.38. The van der Waals surface area contributed by atoms with E-state index in [4.69, 9.17) is 61.6 Å². The van der Waals surface area contributed by atoms with Crippen LogP contribution in [0.5, 0.6) is 0 Å². The maximum Gasteiger partial charge on any atom is 0.217 e. The molecule has 42 nitrogen and oxygen atoms in total. The zero-order valence-electron chi connectivity index (χ0n) is 54.3. The molecule has 0 aromatic rings. The lowest BCUT2D eigenvalue weighted by Gasteiger charge is -2.52. The van der Waals surface area contributed by atoms with Gasteiger partial charge in [-0.2, -0.15) is 0 Å². The molecule has 0 saturated carbocycles. The topological polar surface area (TPSA) is 627 Å². The minimum Gasteiger partial charge on any atom is -0.394 e. The van der Waals surface area contributed by atoms with Gasteiger partial charge in [-0.05, 0) is 6.92 Å². The van der Waals surface area contributed by atoms with Crippen LogP contribution in [-0.2, 0) is 95.1 Å². The molecule has 0 bridgehead atoms. The molecule has 98 heavy (non-hydrogen) atoms. The Kier molecular flexibility index (Phi) is 29.0. The average Bonchev–Trinajstić information content (AvgIpc) is 0.771. The summed E-state index contributed by atoms with van der Waals surface area (Å²) in [6.45, 7) is 2.71. The van der Waals surface area contributed by atoms with Crippen LogP contribution in [0.1, 0.15) is 55.4 Å². The molecule has 7 saturated heterocycles. The molecular formula is C56H93N7O35. The second kappa shape index (κ2) is 35.4. The second-order valence-corrected chi connectivity index (χ2v) is 24.7. The van der Waals surface area contributed by atoms with Crippen molar-refractivity contribution in [3.63, 3.8) is 0 Å². The van der Waals surface area contributed by atoms with Crippen molar-refractivity contribution in [1.29, 1.82) is 0 Å². The van der Waals surface area contributed by atoms with Crippen molar-refractivity contribution < 1.29 is 172 Å². The van der Waals surface area contributed by atoms with E-state index < -0.39 is 295 Å². The van der Waals surface area contributed by atoms with E-state index >= 15 is 0 Å². The molecule has 0 radical (unpaired) electrons. The molecule has 7 amide bonds. The molecule has 562 valence electrons. The Hall–Kier alpha value is -4.83. The van der Waals surface area contributed by atoms with E-state index in [2.05, 4.69) is 37.2 Å². The number of hydrogen-bond acceptors (Lipinski definition) is 35. The third kappa shape index (κ3) is 18.9. The summed E-state index contributed by atoms with van der Waals surface area (Å²) in [5, 5.41) is 184. The lowest BCUT2D eigenvalue weighted by atomic mass is 9.92. The lowest BCUT2D eigenvalue weighted by molar-refractivity contribution is -0.373. The van der Waals surface area contributed by atoms with Gasteiger partial charge < -0.3 is 175 Å². The summed E-state index contributed by atoms with van der Waals surface area (Å²) < 4.78 is 78.7. The van der Waals surface area contributed by atoms with E-state index in [1.165, 1.54) is 6.92 Å². The van der Waals surface area contributed by atoms with Crippen LogP contribution in [0, 0.1) is 0 Å². The van der Waals surface area contributed by atoms with Crippen LogP contribution >= 0.6 is 0 Å². The number of rotatable bonds is 25. The maximum atomic E-state index is 13.4. The van der Waals surface area contributed by atoms with Gasteiger partial charge in [0.15, 0.2) is 44.0 Å². The fraction of sp³-hybridized carbons (Fsp3) is 0.875. The summed E-state index contributed by atoms with van der Waals surface area (Å²) >= 11 is 0. The molecule has 22 N–H and O–H groups in total. The average molecular weight is 1420 g/mol. The predicted molar refractivity (Wildman–Crippen MR) is 312 cm³/mol. The van der Waals surface area contributed by atoms with Crippen molar-refractivity contribution in [1.82, 2.24) is 37.2 Å². The standard InChI is InChI=1S/C56H93N7O35/c1-15-29(57-16(2)69)48(34(50(85)87-15)62-21(7)74)97-53-32(60-19(5)72)41(81)45(25(11-66)91-53)94-52-31(59-18(4)71)40(80)46(26(12-67)90-52)95-55-35(63-22(8)75)49(38(78)28(93-55)14-86-51-30(58-17(3)70)39(79)36(76)23(9-64)88-51)98-54-33(61-20(6)73)42(82)47(27(13-68)92-54)96-56-44(84)43(83)37(77)24(10-65)89-56/h15,23-56,64-68,76-85H,9-14H2,1-8H3,(H,57,69)(H,58,70)(H,59,71)(H,60,72)(H,61,73)(H,62,74)(H,63,75)/t15-,23-,24-,25-,26-,27-,28-,29-,30-,31-,32-,33-,34-,35-,36+,37-,38-,39-,40-,41-,42-,43+,44-,45+,46+,47-,48+,49-,50-,51+,52-,53-,54+,55-,56+/m1/s1. The largest absolute Gasteiger partial charge is 0.394 e. The highest BCUT2D eigenvalue weighted by molar-refractivity contribution is 5.76. The minimum absolute atomic E-state index is 0.610. The van der Waals surface area contributed by atoms with Gasteiger partial charge in [-0.25, -0.2) is 0 Å². The Labute approximate surface area is 558 Å². The summed E-state index contributed by atoms with van der Waals surface area (Å²) in [5.41, 5.74) is 0. The van der Waals surface area contributed by atoms with Crippen LogP contribution in [0.4, 0.5) is 0 Å². The number of hydrogen-bond donors (Lipinski definition) is 22. The fourth-order valence-electron chi connectivity index (χ4n) is 12.7. The highest BCUT2D eigenvalue weighted by Gasteiger charge is 2.60. The summed E-state index contributed by atoms with van der Waals surface area (Å²) in [6, 6.07) is -11.6. The van der Waals surface area contributed by atoms with Crippen LogP contribution < -0.4 is 37.2 Å². The molecular weight excluding hydrogens is 1330 g/mol. The molecule has 0 aliphatic carbocycles. The highest BCUT2D eigenvalue weighted by atomic mass is 16.8. The van der Waals surface area contributed by atoms with E-state index in [-0.39, 0.29) is 0 Å². The minimum atomic E-state index is -2.20. The van der Waals surface area contributed by atoms with Crippen LogP contribution in [0.3, 0.4) is 0 Å². The Morgan fingerprint density at radius 3 is 0.980 bits per heavy atom. The van der Waals surface area contributed by atoms with E-state index in [9.17, 15) is 110 Å². The summed E-state index contributed by atoms with van der Waals surface area (Å²) in [4.78, 5) is 89.7. The molecule has 7 aliphatic heterocycles. The molecule has 0 aromatic carbocycles. The lowest BCUT2D eigenvalue weighted by Crippen LogP contribution is -2.73. The van der Waals surface area contributed by atoms with E-state index in [1.807, 2.05) is 0 Å². The summed E-state index contributed by atoms with van der Waals surface area (Å²) in [7, 11) is 0. The molecule has 35 atom stereocenters. The Morgan fingerprint density at radius 2 is 0.582 bits per heavy atom. The van der Waals surface area contributed by atoms with Gasteiger partial charge in [0, 0.05) is 48.5 Å². The first-order chi connectivity index (χ1) is 46.2. The van der Waals surface area contributed by atoms with Gasteiger partial charge >= 0.3 is 0 Å². The van der Waals surface area contributed by atoms with E-state index in [0.717, 1.165) is 48.5 Å². The summed E-state index contributed by atoms with van der Waals surface area (Å²) in [5.74, 6) is -5.63. The normalized spacial score (nSPS) is 44.5. The number of ether oxygens (including phenoxy) is 13. The molecule has 7 aliphatic rings. The third-order valence-corrected chi connectivity index (χ3v) is 17.3. The van der Waals surface area contributed by atoms with Gasteiger partial charge in [0.25, 0.3) is 0 Å². The Morgan fingerprint density at radius 1 is 0.286 bits per heavy atom. The van der Waals surface area contributed by atoms with Gasteiger partial charge in [0.2, 0.25) is 41.4 Å². The number of amides is 7. The molecule has 7 fully saturated rings. The molecule has 42 heteroatoms. The molecule has 7 rings (SSSR count). The number of nitrogens with one attached hydrogen (secondary N) is 7. The smallest absolute Gasteiger partial charge is 0.217 e. The van der Waals surface area contributed by atoms with Crippen molar-refractivity contribution in [3.8, 4) is 0 Å². The van der Waals surface area contributed by atoms with Crippen LogP contribution in [-0.4, -0.2) is 372 Å². The van der Waals surface area contributed by atoms with Gasteiger partial charge in [0.05, 0.1) is 51.8 Å². The fourth-order valence-corrected chi connectivity index (χ4v) is 12.7. The first kappa shape index (κ1) is 80.5. The number of aliphatic hydroxyl groups excluding tert-OH is 15. The first-order valence-electron chi connectivity index (χ1n) is 31.4. The van der Waals surface area contributed by atoms with Crippen molar-refractivity contribution in [2.75, 3.05) is 39.6 Å². The van der Waals surface area contributed by atoms with Crippen LogP contribution in [0.2, 0.25) is 0 Å². The monoisotopic (exact) mass is 1420 g/mol. The van der Waals surface area contributed by atoms with Gasteiger partial charge in [-0.3, -0.25) is 33.6 Å². The zero-order valence-corrected chi connectivity index (χ0v) is 54.3. The van der Waals surface area contributed by atoms with Crippen molar-refractivity contribution in [2.24, 2.45) is 0 Å². The number of aliphatic hydroxyl groups is 15. The molecule has 0 aromatic heterocycles. The van der Waals surface area contributed by atoms with Gasteiger partial charge in [-0.1, -0.05) is 0 Å². The van der Waals surface area contributed by atoms with Crippen molar-refractivity contribution in [3.05, 3.63) is 0 Å². The Bertz CT molecular complexity index is 2640. The van der Waals surface area contributed by atoms with E-state index in [0.29, 0.717) is 0 Å². The maximum absolute atomic E-state index is 13.4. The van der Waals surface area contributed by atoms with Crippen molar-refractivity contribution in [2.45, 2.75) is 270 Å². The Balaban J connectivity index is 1.23. The van der Waals surface area contributed by atoms with Gasteiger partial charge in [0.1, 0.15) is 158 Å². The molecule has 0 unspecified atom stereocenters. The summed E-state index contributed by atoms with van der Waals surface area (Å²) in [6.07, 6.45) is -52.5. The van der Waals surface area contributed by atoms with Crippen LogP contribution in [0.15, 0.2) is 0 Å². The molecule has 0 spiro atoms. The van der Waals surface area contributed by atoms with Crippen molar-refractivity contribution >= 4 is 41.4 Å². The number of carbonyl (C=O) groups excluding carboxylic acids is 7. The third-order valence-electron chi connectivity index (χ3n) is 17.3. The number of carbonyl (C=O) groups is 7. The zero-order chi connectivity index (χ0) is 72.6. The van der Waals surface area contributed by atoms with E-state index in [1.54, 1.807) is 0 Å². The van der Waals surface area contributed by atoms with Crippen LogP contribution in [0.25, 0.3) is 0 Å².